The van der Waals surface area contributed by atoms with Gasteiger partial charge >= 0.3 is 6.18 Å². The van der Waals surface area contributed by atoms with Gasteiger partial charge in [0.05, 0.1) is 0 Å². The molecule has 0 saturated carbocycles. The van der Waals surface area contributed by atoms with E-state index in [0.29, 0.717) is 5.57 Å². The van der Waals surface area contributed by atoms with Crippen molar-refractivity contribution in [3.05, 3.63) is 23.3 Å². The first-order valence-electron chi connectivity index (χ1n) is 3.23. The van der Waals surface area contributed by atoms with E-state index in [-0.39, 0.29) is 6.08 Å². The van der Waals surface area contributed by atoms with Crippen molar-refractivity contribution in [3.63, 3.8) is 0 Å². The molecule has 0 aliphatic carbocycles. The largest absolute Gasteiger partial charge is 0.409 e. The van der Waals surface area contributed by atoms with E-state index in [9.17, 15) is 13.2 Å². The molecule has 64 valence electrons. The second kappa shape index (κ2) is 3.60. The second-order valence-electron chi connectivity index (χ2n) is 2.56. The second-order valence-corrected chi connectivity index (χ2v) is 2.56. The van der Waals surface area contributed by atoms with Crippen LogP contribution in [0.5, 0.6) is 0 Å². The van der Waals surface area contributed by atoms with E-state index in [0.717, 1.165) is 11.6 Å². The van der Waals surface area contributed by atoms with Gasteiger partial charge in [-0.15, -0.1) is 0 Å². The lowest BCUT2D eigenvalue weighted by Gasteiger charge is -1.98. The summed E-state index contributed by atoms with van der Waals surface area (Å²) in [6.45, 7) is 5.20. The van der Waals surface area contributed by atoms with Crippen molar-refractivity contribution >= 4 is 0 Å². The maximum Gasteiger partial charge on any atom is 0.409 e. The summed E-state index contributed by atoms with van der Waals surface area (Å²) in [5.41, 5.74) is 1.55. The zero-order valence-corrected chi connectivity index (χ0v) is 6.79. The molecule has 0 aliphatic heterocycles. The van der Waals surface area contributed by atoms with Gasteiger partial charge in [-0.3, -0.25) is 0 Å². The third-order valence-corrected chi connectivity index (χ3v) is 1.31. The average Bonchev–Trinajstić information content (AvgIpc) is 1.80. The first-order valence-corrected chi connectivity index (χ1v) is 3.23. The van der Waals surface area contributed by atoms with Crippen molar-refractivity contribution in [1.29, 1.82) is 0 Å². The van der Waals surface area contributed by atoms with Crippen LogP contribution in [0.25, 0.3) is 0 Å². The maximum atomic E-state index is 11.6. The molecule has 0 amide bonds. The van der Waals surface area contributed by atoms with Gasteiger partial charge < -0.3 is 0 Å². The highest BCUT2D eigenvalue weighted by molar-refractivity contribution is 5.21. The SMILES string of the molecule is CC(C)=C(C)/C=C/C(F)(F)F. The molecule has 3 heteroatoms. The number of hydrogen-bond acceptors (Lipinski definition) is 0. The molecule has 0 aliphatic rings. The lowest BCUT2D eigenvalue weighted by atomic mass is 10.1. The maximum absolute atomic E-state index is 11.6. The van der Waals surface area contributed by atoms with Gasteiger partial charge in [0, 0.05) is 6.08 Å². The monoisotopic (exact) mass is 164 g/mol. The minimum Gasteiger partial charge on any atom is -0.167 e. The quantitative estimate of drug-likeness (QED) is 0.520. The molecule has 0 saturated heterocycles. The van der Waals surface area contributed by atoms with Gasteiger partial charge in [-0.2, -0.15) is 13.2 Å². The normalized spacial score (nSPS) is 12.2. The number of allylic oxidation sites excluding steroid dienone is 4. The fraction of sp³-hybridized carbons (Fsp3) is 0.500. The van der Waals surface area contributed by atoms with Crippen molar-refractivity contribution in [2.75, 3.05) is 0 Å². The lowest BCUT2D eigenvalue weighted by Crippen LogP contribution is -2.00. The highest BCUT2D eigenvalue weighted by atomic mass is 19.4. The van der Waals surface area contributed by atoms with Crippen LogP contribution in [0.2, 0.25) is 0 Å². The number of alkyl halides is 3. The Morgan fingerprint density at radius 1 is 1.09 bits per heavy atom. The van der Waals surface area contributed by atoms with Crippen LogP contribution in [-0.2, 0) is 0 Å². The zero-order valence-electron chi connectivity index (χ0n) is 6.79. The molecule has 0 nitrogen and oxygen atoms in total. The summed E-state index contributed by atoms with van der Waals surface area (Å²) < 4.78 is 34.7. The summed E-state index contributed by atoms with van der Waals surface area (Å²) in [4.78, 5) is 0. The van der Waals surface area contributed by atoms with Gasteiger partial charge in [-0.25, -0.2) is 0 Å². The Morgan fingerprint density at radius 2 is 1.55 bits per heavy atom. The Balaban J connectivity index is 4.27. The van der Waals surface area contributed by atoms with E-state index in [1.54, 1.807) is 20.8 Å². The van der Waals surface area contributed by atoms with Crippen molar-refractivity contribution in [2.45, 2.75) is 26.9 Å². The summed E-state index contributed by atoms with van der Waals surface area (Å²) in [6.07, 6.45) is -2.87. The average molecular weight is 164 g/mol. The summed E-state index contributed by atoms with van der Waals surface area (Å²) in [6, 6.07) is 0. The molecule has 0 rings (SSSR count). The van der Waals surface area contributed by atoms with Gasteiger partial charge in [0.1, 0.15) is 0 Å². The van der Waals surface area contributed by atoms with Crippen molar-refractivity contribution < 1.29 is 13.2 Å². The minimum atomic E-state index is -4.20. The standard InChI is InChI=1S/C8H11F3/c1-6(2)7(3)4-5-8(9,10)11/h4-5H,1-3H3/b5-4+. The Kier molecular flexibility index (Phi) is 3.36. The molecule has 0 fully saturated rings. The van der Waals surface area contributed by atoms with Crippen LogP contribution in [0, 0.1) is 0 Å². The Labute approximate surface area is 64.4 Å². The van der Waals surface area contributed by atoms with Crippen LogP contribution in [0.1, 0.15) is 20.8 Å². The predicted octanol–water partition coefficient (Wildman–Crippen LogP) is 3.46. The number of hydrogen-bond donors (Lipinski definition) is 0. The fourth-order valence-corrected chi connectivity index (χ4v) is 0.386. The predicted molar refractivity (Wildman–Crippen MR) is 39.2 cm³/mol. The Bertz CT molecular complexity index is 180. The molecule has 0 radical (unpaired) electrons. The van der Waals surface area contributed by atoms with Gasteiger partial charge in [-0.05, 0) is 20.8 Å². The summed E-state index contributed by atoms with van der Waals surface area (Å²) in [5.74, 6) is 0. The number of halogens is 3. The Morgan fingerprint density at radius 3 is 1.82 bits per heavy atom. The first-order chi connectivity index (χ1) is 4.83. The van der Waals surface area contributed by atoms with E-state index in [1.807, 2.05) is 0 Å². The van der Waals surface area contributed by atoms with Crippen LogP contribution in [0.4, 0.5) is 13.2 Å². The van der Waals surface area contributed by atoms with E-state index in [1.165, 1.54) is 0 Å². The van der Waals surface area contributed by atoms with Crippen molar-refractivity contribution in [3.8, 4) is 0 Å². The molecule has 0 aromatic carbocycles. The molecule has 0 aromatic rings. The molecule has 0 aromatic heterocycles. The summed E-state index contributed by atoms with van der Waals surface area (Å²) in [5, 5.41) is 0. The highest BCUT2D eigenvalue weighted by Crippen LogP contribution is 2.17. The first kappa shape index (κ1) is 10.3. The molecule has 0 bridgehead atoms. The summed E-state index contributed by atoms with van der Waals surface area (Å²) >= 11 is 0. The van der Waals surface area contributed by atoms with Crippen LogP contribution >= 0.6 is 0 Å². The molecule has 0 spiro atoms. The topological polar surface area (TPSA) is 0 Å². The van der Waals surface area contributed by atoms with E-state index in [2.05, 4.69) is 0 Å². The van der Waals surface area contributed by atoms with E-state index in [4.69, 9.17) is 0 Å². The van der Waals surface area contributed by atoms with Crippen LogP contribution in [-0.4, -0.2) is 6.18 Å². The molecule has 0 N–H and O–H groups in total. The minimum absolute atomic E-state index is 0.245. The van der Waals surface area contributed by atoms with Crippen molar-refractivity contribution in [1.82, 2.24) is 0 Å². The van der Waals surface area contributed by atoms with Gasteiger partial charge in [0.15, 0.2) is 0 Å². The molecule has 0 unspecified atom stereocenters. The fourth-order valence-electron chi connectivity index (χ4n) is 0.386. The van der Waals surface area contributed by atoms with Gasteiger partial charge in [0.25, 0.3) is 0 Å². The van der Waals surface area contributed by atoms with Crippen LogP contribution < -0.4 is 0 Å². The smallest absolute Gasteiger partial charge is 0.167 e. The van der Waals surface area contributed by atoms with E-state index < -0.39 is 6.18 Å². The van der Waals surface area contributed by atoms with Crippen LogP contribution in [0.15, 0.2) is 23.3 Å². The Hall–Kier alpha value is -0.730. The molecule has 11 heavy (non-hydrogen) atoms. The third-order valence-electron chi connectivity index (χ3n) is 1.31. The third kappa shape index (κ3) is 5.70. The molecular formula is C8H11F3. The van der Waals surface area contributed by atoms with Gasteiger partial charge in [0.2, 0.25) is 0 Å². The van der Waals surface area contributed by atoms with Crippen LogP contribution in [0.3, 0.4) is 0 Å². The molecular weight excluding hydrogens is 153 g/mol. The van der Waals surface area contributed by atoms with Crippen molar-refractivity contribution in [2.24, 2.45) is 0 Å². The summed E-state index contributed by atoms with van der Waals surface area (Å²) in [7, 11) is 0. The molecule has 0 heterocycles. The lowest BCUT2D eigenvalue weighted by molar-refractivity contribution is -0.0798. The zero-order chi connectivity index (χ0) is 9.07. The van der Waals surface area contributed by atoms with Gasteiger partial charge in [-0.1, -0.05) is 17.2 Å². The number of rotatable bonds is 1. The van der Waals surface area contributed by atoms with E-state index >= 15 is 0 Å². The highest BCUT2D eigenvalue weighted by Gasteiger charge is 2.21. The molecule has 0 atom stereocenters.